The highest BCUT2D eigenvalue weighted by molar-refractivity contribution is 5.99. The van der Waals surface area contributed by atoms with Crippen molar-refractivity contribution < 1.29 is 14.3 Å². The quantitative estimate of drug-likeness (QED) is 0.542. The zero-order valence-corrected chi connectivity index (χ0v) is 19.2. The van der Waals surface area contributed by atoms with Gasteiger partial charge in [0.25, 0.3) is 5.91 Å². The molecule has 1 saturated heterocycles. The van der Waals surface area contributed by atoms with Gasteiger partial charge in [-0.1, -0.05) is 26.0 Å². The first-order valence-electron chi connectivity index (χ1n) is 11.3. The number of hydrogen-bond donors (Lipinski definition) is 3. The molecule has 0 bridgehead atoms. The fourth-order valence-electron chi connectivity index (χ4n) is 3.68. The lowest BCUT2D eigenvalue weighted by Gasteiger charge is -2.22. The molecule has 172 valence electrons. The van der Waals surface area contributed by atoms with Crippen LogP contribution in [0.15, 0.2) is 42.5 Å². The van der Waals surface area contributed by atoms with Crippen LogP contribution in [0.2, 0.25) is 0 Å². The van der Waals surface area contributed by atoms with E-state index in [0.29, 0.717) is 30.3 Å². The van der Waals surface area contributed by atoms with Crippen molar-refractivity contribution in [3.63, 3.8) is 0 Å². The number of amides is 3. The van der Waals surface area contributed by atoms with E-state index in [2.05, 4.69) is 34.7 Å². The van der Waals surface area contributed by atoms with Crippen LogP contribution in [0.1, 0.15) is 49.0 Å². The molecule has 0 unspecified atom stereocenters. The number of carbonyl (C=O) groups is 2. The Morgan fingerprint density at radius 2 is 1.75 bits per heavy atom. The normalized spacial score (nSPS) is 13.2. The monoisotopic (exact) mass is 438 g/mol. The van der Waals surface area contributed by atoms with Gasteiger partial charge in [-0.3, -0.25) is 4.79 Å². The van der Waals surface area contributed by atoms with E-state index in [4.69, 9.17) is 4.74 Å². The van der Waals surface area contributed by atoms with E-state index in [-0.39, 0.29) is 11.9 Å². The second kappa shape index (κ2) is 11.4. The Morgan fingerprint density at radius 1 is 1.03 bits per heavy atom. The Balaban J connectivity index is 1.69. The maximum Gasteiger partial charge on any atom is 0.319 e. The molecule has 0 spiro atoms. The lowest BCUT2D eigenvalue weighted by atomic mass is 10.1. The molecule has 7 heteroatoms. The summed E-state index contributed by atoms with van der Waals surface area (Å²) in [6.45, 7) is 7.18. The largest absolute Gasteiger partial charge is 0.497 e. The number of rotatable bonds is 9. The topological polar surface area (TPSA) is 82.7 Å². The molecule has 1 aliphatic heterocycles. The van der Waals surface area contributed by atoms with E-state index in [9.17, 15) is 9.59 Å². The number of urea groups is 1. The number of nitrogens with zero attached hydrogens (tertiary/aromatic N) is 1. The van der Waals surface area contributed by atoms with Crippen molar-refractivity contribution in [2.45, 2.75) is 39.7 Å². The Morgan fingerprint density at radius 3 is 2.41 bits per heavy atom. The van der Waals surface area contributed by atoms with Crippen molar-refractivity contribution in [2.75, 3.05) is 37.0 Å². The van der Waals surface area contributed by atoms with E-state index in [1.807, 2.05) is 36.4 Å². The van der Waals surface area contributed by atoms with Crippen LogP contribution in [0.5, 0.6) is 5.75 Å². The smallest absolute Gasteiger partial charge is 0.319 e. The van der Waals surface area contributed by atoms with Crippen molar-refractivity contribution in [1.29, 1.82) is 0 Å². The van der Waals surface area contributed by atoms with Crippen molar-refractivity contribution in [1.82, 2.24) is 10.6 Å². The van der Waals surface area contributed by atoms with Gasteiger partial charge in [-0.15, -0.1) is 0 Å². The molecule has 3 N–H and O–H groups in total. The SMILES string of the molecule is COc1ccc(CNC(=O)c2ccc(N3CCCC3)c(NC(=O)NCCC(C)C)c2)cc1. The minimum atomic E-state index is -0.248. The van der Waals surface area contributed by atoms with Crippen LogP contribution in [0.25, 0.3) is 0 Å². The van der Waals surface area contributed by atoms with Crippen molar-refractivity contribution >= 4 is 23.3 Å². The average molecular weight is 439 g/mol. The summed E-state index contributed by atoms with van der Waals surface area (Å²) in [6.07, 6.45) is 3.18. The predicted molar refractivity (Wildman–Crippen MR) is 129 cm³/mol. The molecule has 0 atom stereocenters. The van der Waals surface area contributed by atoms with Gasteiger partial charge in [0.1, 0.15) is 5.75 Å². The first kappa shape index (κ1) is 23.4. The number of carbonyl (C=O) groups excluding carboxylic acids is 2. The molecule has 0 aromatic heterocycles. The minimum Gasteiger partial charge on any atom is -0.497 e. The molecule has 2 aromatic rings. The fourth-order valence-corrected chi connectivity index (χ4v) is 3.68. The average Bonchev–Trinajstić information content (AvgIpc) is 3.32. The van der Waals surface area contributed by atoms with Gasteiger partial charge >= 0.3 is 6.03 Å². The van der Waals surface area contributed by atoms with E-state index in [1.54, 1.807) is 13.2 Å². The lowest BCUT2D eigenvalue weighted by molar-refractivity contribution is 0.0951. The Kier molecular flexibility index (Phi) is 8.36. The van der Waals surface area contributed by atoms with Crippen LogP contribution in [-0.4, -0.2) is 38.7 Å². The third kappa shape index (κ3) is 6.64. The van der Waals surface area contributed by atoms with Crippen molar-refractivity contribution in [2.24, 2.45) is 5.92 Å². The minimum absolute atomic E-state index is 0.183. The Hall–Kier alpha value is -3.22. The molecule has 3 amide bonds. The molecule has 3 rings (SSSR count). The van der Waals surface area contributed by atoms with Crippen LogP contribution in [0.4, 0.5) is 16.2 Å². The second-order valence-corrected chi connectivity index (χ2v) is 8.52. The molecule has 0 aliphatic carbocycles. The summed E-state index contributed by atoms with van der Waals surface area (Å²) < 4.78 is 5.17. The van der Waals surface area contributed by atoms with Gasteiger partial charge in [0, 0.05) is 31.7 Å². The first-order valence-corrected chi connectivity index (χ1v) is 11.3. The number of benzene rings is 2. The molecule has 0 radical (unpaired) electrons. The molecule has 1 aliphatic rings. The highest BCUT2D eigenvalue weighted by Gasteiger charge is 2.19. The van der Waals surface area contributed by atoms with E-state index in [1.165, 1.54) is 0 Å². The van der Waals surface area contributed by atoms with Crippen LogP contribution < -0.4 is 25.6 Å². The summed E-state index contributed by atoms with van der Waals surface area (Å²) in [5.74, 6) is 1.12. The summed E-state index contributed by atoms with van der Waals surface area (Å²) in [4.78, 5) is 27.5. The number of hydrogen-bond acceptors (Lipinski definition) is 4. The van der Waals surface area contributed by atoms with Gasteiger partial charge in [-0.25, -0.2) is 4.79 Å². The number of anilines is 2. The summed E-state index contributed by atoms with van der Waals surface area (Å²) >= 11 is 0. The van der Waals surface area contributed by atoms with Crippen LogP contribution in [-0.2, 0) is 6.54 Å². The first-order chi connectivity index (χ1) is 15.5. The van der Waals surface area contributed by atoms with Gasteiger partial charge in [0.2, 0.25) is 0 Å². The molecule has 7 nitrogen and oxygen atoms in total. The predicted octanol–water partition coefficient (Wildman–Crippen LogP) is 4.39. The van der Waals surface area contributed by atoms with Crippen LogP contribution in [0.3, 0.4) is 0 Å². The Labute approximate surface area is 190 Å². The zero-order valence-electron chi connectivity index (χ0n) is 19.2. The van der Waals surface area contributed by atoms with E-state index in [0.717, 1.165) is 49.4 Å². The highest BCUT2D eigenvalue weighted by Crippen LogP contribution is 2.30. The maximum absolute atomic E-state index is 12.8. The standard InChI is InChI=1S/C25H34N4O3/c1-18(2)12-13-26-25(31)28-22-16-20(8-11-23(22)29-14-4-5-15-29)24(30)27-17-19-6-9-21(32-3)10-7-19/h6-11,16,18H,4-5,12-15,17H2,1-3H3,(H,27,30)(H2,26,28,31). The van der Waals surface area contributed by atoms with Gasteiger partial charge in [-0.2, -0.15) is 0 Å². The summed E-state index contributed by atoms with van der Waals surface area (Å²) in [6, 6.07) is 12.8. The molecule has 2 aromatic carbocycles. The summed E-state index contributed by atoms with van der Waals surface area (Å²) in [5.41, 5.74) is 3.11. The van der Waals surface area contributed by atoms with Gasteiger partial charge in [-0.05, 0) is 61.1 Å². The zero-order chi connectivity index (χ0) is 22.9. The van der Waals surface area contributed by atoms with Crippen molar-refractivity contribution in [3.05, 3.63) is 53.6 Å². The number of nitrogens with one attached hydrogen (secondary N) is 3. The summed E-state index contributed by atoms with van der Waals surface area (Å²) in [7, 11) is 1.62. The maximum atomic E-state index is 12.8. The van der Waals surface area contributed by atoms with Crippen LogP contribution >= 0.6 is 0 Å². The molecule has 1 fully saturated rings. The van der Waals surface area contributed by atoms with Gasteiger partial charge in [0.15, 0.2) is 0 Å². The molecule has 0 saturated carbocycles. The van der Waals surface area contributed by atoms with Crippen LogP contribution in [0, 0.1) is 5.92 Å². The Bertz CT molecular complexity index is 906. The van der Waals surface area contributed by atoms with E-state index >= 15 is 0 Å². The lowest BCUT2D eigenvalue weighted by Crippen LogP contribution is -2.31. The molecule has 1 heterocycles. The number of methoxy groups -OCH3 is 1. The second-order valence-electron chi connectivity index (χ2n) is 8.52. The molecular formula is C25H34N4O3. The molecular weight excluding hydrogens is 404 g/mol. The van der Waals surface area contributed by atoms with Gasteiger partial charge < -0.3 is 25.6 Å². The molecule has 32 heavy (non-hydrogen) atoms. The third-order valence-electron chi connectivity index (χ3n) is 5.57. The highest BCUT2D eigenvalue weighted by atomic mass is 16.5. The van der Waals surface area contributed by atoms with E-state index < -0.39 is 0 Å². The van der Waals surface area contributed by atoms with Gasteiger partial charge in [0.05, 0.1) is 18.5 Å². The number of ether oxygens (including phenoxy) is 1. The summed E-state index contributed by atoms with van der Waals surface area (Å²) in [5, 5.41) is 8.81. The fraction of sp³-hybridized carbons (Fsp3) is 0.440. The third-order valence-corrected chi connectivity index (χ3v) is 5.57. The van der Waals surface area contributed by atoms with Crippen molar-refractivity contribution in [3.8, 4) is 5.75 Å².